The van der Waals surface area contributed by atoms with Crippen LogP contribution in [-0.4, -0.2) is 19.9 Å². The van der Waals surface area contributed by atoms with Crippen molar-refractivity contribution in [3.8, 4) is 78.8 Å². The Morgan fingerprint density at radius 3 is 1.78 bits per heavy atom. The molecule has 280 valence electrons. The fourth-order valence-electron chi connectivity index (χ4n) is 9.28. The van der Waals surface area contributed by atoms with Crippen molar-refractivity contribution in [2.75, 3.05) is 0 Å². The summed E-state index contributed by atoms with van der Waals surface area (Å²) >= 11 is 0. The van der Waals surface area contributed by atoms with E-state index in [1.54, 1.807) is 0 Å². The van der Waals surface area contributed by atoms with Crippen LogP contribution in [-0.2, 0) is 5.41 Å². The highest BCUT2D eigenvalue weighted by molar-refractivity contribution is 5.92. The minimum absolute atomic E-state index is 0.607. The van der Waals surface area contributed by atoms with Crippen molar-refractivity contribution in [3.05, 3.63) is 215 Å². The van der Waals surface area contributed by atoms with Crippen molar-refractivity contribution < 1.29 is 4.74 Å². The quantitative estimate of drug-likeness (QED) is 0.175. The molecule has 0 bridgehead atoms. The van der Waals surface area contributed by atoms with E-state index in [4.69, 9.17) is 24.7 Å². The van der Waals surface area contributed by atoms with Crippen molar-refractivity contribution in [2.45, 2.75) is 26.2 Å². The van der Waals surface area contributed by atoms with Crippen LogP contribution < -0.4 is 4.74 Å². The molecule has 2 aliphatic rings. The van der Waals surface area contributed by atoms with Gasteiger partial charge < -0.3 is 4.74 Å². The number of aromatic nitrogens is 4. The number of hydrogen-bond donors (Lipinski definition) is 0. The Labute approximate surface area is 343 Å². The maximum absolute atomic E-state index is 6.90. The van der Waals surface area contributed by atoms with Gasteiger partial charge in [-0.25, -0.2) is 15.0 Å². The first-order valence-electron chi connectivity index (χ1n) is 20.0. The number of benzene rings is 7. The summed E-state index contributed by atoms with van der Waals surface area (Å²) in [5.74, 6) is 3.68. The SMILES string of the molecule is Cc1cnc(C)c(-c2ccccc2-c2ccc3c(c2)Oc2ccccc2C32c3ccccc3-c3cc(-c4nc(C)nc(-c5ccc(-c6ccccc6)cc5)n4)ccc32)c1. The zero-order valence-electron chi connectivity index (χ0n) is 32.9. The molecule has 59 heavy (non-hydrogen) atoms. The first-order valence-corrected chi connectivity index (χ1v) is 20.0. The maximum Gasteiger partial charge on any atom is 0.163 e. The molecule has 11 rings (SSSR count). The lowest BCUT2D eigenvalue weighted by atomic mass is 9.66. The van der Waals surface area contributed by atoms with Gasteiger partial charge in [0, 0.05) is 39.7 Å². The average molecular weight is 759 g/mol. The molecule has 5 heteroatoms. The Kier molecular flexibility index (Phi) is 7.99. The summed E-state index contributed by atoms with van der Waals surface area (Å²) in [5.41, 5.74) is 17.3. The molecule has 1 spiro atoms. The summed E-state index contributed by atoms with van der Waals surface area (Å²) in [4.78, 5) is 19.4. The highest BCUT2D eigenvalue weighted by Crippen LogP contribution is 2.62. The molecule has 7 aromatic carbocycles. The molecule has 0 saturated carbocycles. The summed E-state index contributed by atoms with van der Waals surface area (Å²) < 4.78 is 6.90. The van der Waals surface area contributed by atoms with E-state index in [0.717, 1.165) is 78.4 Å². The molecular formula is C54H38N4O. The number of ether oxygens (including phenoxy) is 1. The fraction of sp³-hybridized carbons (Fsp3) is 0.0741. The summed E-state index contributed by atoms with van der Waals surface area (Å²) in [7, 11) is 0. The van der Waals surface area contributed by atoms with Gasteiger partial charge in [-0.3, -0.25) is 4.98 Å². The molecule has 1 atom stereocenters. The second-order valence-electron chi connectivity index (χ2n) is 15.5. The Morgan fingerprint density at radius 1 is 0.390 bits per heavy atom. The topological polar surface area (TPSA) is 60.8 Å². The second kappa shape index (κ2) is 13.6. The molecule has 1 aliphatic carbocycles. The van der Waals surface area contributed by atoms with Gasteiger partial charge in [0.2, 0.25) is 0 Å². The van der Waals surface area contributed by atoms with Crippen molar-refractivity contribution in [1.82, 2.24) is 19.9 Å². The first-order chi connectivity index (χ1) is 29.0. The predicted molar refractivity (Wildman–Crippen MR) is 236 cm³/mol. The molecule has 9 aromatic rings. The molecule has 0 N–H and O–H groups in total. The van der Waals surface area contributed by atoms with Crippen LogP contribution in [0.2, 0.25) is 0 Å². The van der Waals surface area contributed by atoms with Gasteiger partial charge >= 0.3 is 0 Å². The van der Waals surface area contributed by atoms with Crippen LogP contribution in [0.25, 0.3) is 67.3 Å². The van der Waals surface area contributed by atoms with Gasteiger partial charge in [0.25, 0.3) is 0 Å². The number of aryl methyl sites for hydroxylation is 3. The lowest BCUT2D eigenvalue weighted by molar-refractivity contribution is 0.436. The predicted octanol–water partition coefficient (Wildman–Crippen LogP) is 13.0. The van der Waals surface area contributed by atoms with Gasteiger partial charge in [0.15, 0.2) is 11.6 Å². The van der Waals surface area contributed by atoms with Crippen LogP contribution in [0.3, 0.4) is 0 Å². The molecule has 2 aromatic heterocycles. The van der Waals surface area contributed by atoms with Crippen LogP contribution in [0.15, 0.2) is 176 Å². The third-order valence-electron chi connectivity index (χ3n) is 11.9. The largest absolute Gasteiger partial charge is 0.457 e. The van der Waals surface area contributed by atoms with Crippen molar-refractivity contribution in [3.63, 3.8) is 0 Å². The summed E-state index contributed by atoms with van der Waals surface area (Å²) in [6.45, 7) is 6.11. The van der Waals surface area contributed by atoms with Gasteiger partial charge in [0.05, 0.1) is 5.41 Å². The van der Waals surface area contributed by atoms with Gasteiger partial charge in [-0.1, -0.05) is 146 Å². The lowest BCUT2D eigenvalue weighted by Crippen LogP contribution is -2.32. The van der Waals surface area contributed by atoms with Gasteiger partial charge in [-0.05, 0) is 101 Å². The van der Waals surface area contributed by atoms with E-state index in [1.807, 2.05) is 19.2 Å². The van der Waals surface area contributed by atoms with E-state index in [-0.39, 0.29) is 0 Å². The number of fused-ring (bicyclic) bond motifs is 9. The number of hydrogen-bond acceptors (Lipinski definition) is 5. The minimum atomic E-state index is -0.607. The second-order valence-corrected chi connectivity index (χ2v) is 15.5. The zero-order chi connectivity index (χ0) is 39.7. The monoisotopic (exact) mass is 758 g/mol. The summed E-state index contributed by atoms with van der Waals surface area (Å²) in [6, 6.07) is 60.4. The van der Waals surface area contributed by atoms with Crippen LogP contribution in [0.4, 0.5) is 0 Å². The molecular weight excluding hydrogens is 721 g/mol. The number of pyridine rings is 1. The number of para-hydroxylation sites is 1. The third kappa shape index (κ3) is 5.53. The Hall–Kier alpha value is -7.50. The number of nitrogens with zero attached hydrogens (tertiary/aromatic N) is 4. The highest BCUT2D eigenvalue weighted by atomic mass is 16.5. The smallest absolute Gasteiger partial charge is 0.163 e. The van der Waals surface area contributed by atoms with Gasteiger partial charge in [0.1, 0.15) is 17.3 Å². The van der Waals surface area contributed by atoms with E-state index in [1.165, 1.54) is 22.3 Å². The zero-order valence-corrected chi connectivity index (χ0v) is 32.9. The van der Waals surface area contributed by atoms with Crippen LogP contribution in [0.1, 0.15) is 39.3 Å². The highest BCUT2D eigenvalue weighted by Gasteiger charge is 2.51. The standard InChI is InChI=1S/C54H38N4O/c1-33-29-44(34(2)55-32-33)42-16-8-7-15-41(42)39-25-28-49-51(31-39)59-50-20-12-11-19-48(50)54(49)46-18-10-9-17-43(46)45-30-40(26-27-47(45)54)53-57-35(3)56-52(58-53)38-23-21-37(22-24-38)36-13-5-4-6-14-36/h4-32H,1-3H3. The van der Waals surface area contributed by atoms with E-state index in [2.05, 4.69) is 178 Å². The first kappa shape index (κ1) is 34.7. The Bertz CT molecular complexity index is 3120. The van der Waals surface area contributed by atoms with Gasteiger partial charge in [-0.15, -0.1) is 0 Å². The van der Waals surface area contributed by atoms with E-state index in [0.29, 0.717) is 17.5 Å². The third-order valence-corrected chi connectivity index (χ3v) is 11.9. The summed E-state index contributed by atoms with van der Waals surface area (Å²) in [6.07, 6.45) is 1.93. The molecule has 0 saturated heterocycles. The van der Waals surface area contributed by atoms with Crippen LogP contribution in [0.5, 0.6) is 11.5 Å². The maximum atomic E-state index is 6.90. The fourth-order valence-corrected chi connectivity index (χ4v) is 9.28. The molecule has 0 fully saturated rings. The molecule has 1 aliphatic heterocycles. The van der Waals surface area contributed by atoms with Crippen LogP contribution >= 0.6 is 0 Å². The Morgan fingerprint density at radius 2 is 0.966 bits per heavy atom. The molecule has 0 amide bonds. The lowest BCUT2D eigenvalue weighted by Gasteiger charge is -2.39. The number of rotatable bonds is 5. The Balaban J connectivity index is 1.05. The average Bonchev–Trinajstić information content (AvgIpc) is 3.57. The molecule has 5 nitrogen and oxygen atoms in total. The van der Waals surface area contributed by atoms with Gasteiger partial charge in [-0.2, -0.15) is 0 Å². The van der Waals surface area contributed by atoms with Crippen molar-refractivity contribution in [1.29, 1.82) is 0 Å². The molecule has 0 radical (unpaired) electrons. The minimum Gasteiger partial charge on any atom is -0.457 e. The van der Waals surface area contributed by atoms with Crippen molar-refractivity contribution >= 4 is 0 Å². The molecule has 3 heterocycles. The van der Waals surface area contributed by atoms with Crippen LogP contribution in [0, 0.1) is 20.8 Å². The normalized spacial score (nSPS) is 14.6. The van der Waals surface area contributed by atoms with Crippen molar-refractivity contribution in [2.24, 2.45) is 0 Å². The summed E-state index contributed by atoms with van der Waals surface area (Å²) in [5, 5.41) is 0. The van der Waals surface area contributed by atoms with E-state index < -0.39 is 5.41 Å². The molecule has 1 unspecified atom stereocenters. The van der Waals surface area contributed by atoms with E-state index >= 15 is 0 Å². The van der Waals surface area contributed by atoms with E-state index in [9.17, 15) is 0 Å².